The molecule has 3 aromatic heterocycles. The van der Waals surface area contributed by atoms with E-state index in [0.717, 1.165) is 56.0 Å². The Kier molecular flexibility index (Phi) is 13.2. The number of hydrogen-bond acceptors (Lipinski definition) is 3. The second-order valence-electron chi connectivity index (χ2n) is 17.0. The second kappa shape index (κ2) is 19.3. The molecule has 0 unspecified atom stereocenters. The third-order valence-electron chi connectivity index (χ3n) is 11.9. The Hall–Kier alpha value is -6.88. The van der Waals surface area contributed by atoms with Gasteiger partial charge in [0.05, 0.1) is 22.4 Å². The minimum Gasteiger partial charge on any atom is -0.501 e. The average molecular weight is 1110 g/mol. The number of benzene rings is 7. The fraction of sp³-hybridized carbons (Fsp3) is 0.158. The summed E-state index contributed by atoms with van der Waals surface area (Å²) in [5.74, 6) is 1.41. The topological polar surface area (TPSA) is 43.9 Å². The molecule has 0 bridgehead atoms. The molecule has 1 radical (unpaired) electrons. The fourth-order valence-corrected chi connectivity index (χ4v) is 8.54. The minimum absolute atomic E-state index is 0. The van der Waals surface area contributed by atoms with Gasteiger partial charge in [-0.3, -0.25) is 4.98 Å². The third-order valence-corrected chi connectivity index (χ3v) is 11.9. The molecule has 0 saturated heterocycles. The molecule has 0 aliphatic carbocycles. The number of para-hydroxylation sites is 2. The number of hydrogen-bond donors (Lipinski definition) is 0. The number of furan rings is 1. The van der Waals surface area contributed by atoms with Crippen LogP contribution in [0.1, 0.15) is 57.6 Å². The van der Waals surface area contributed by atoms with Crippen LogP contribution in [0.5, 0.6) is 0 Å². The zero-order valence-electron chi connectivity index (χ0n) is 38.5. The van der Waals surface area contributed by atoms with Crippen molar-refractivity contribution in [3.63, 3.8) is 0 Å². The van der Waals surface area contributed by atoms with Crippen molar-refractivity contribution in [1.82, 2.24) is 14.5 Å². The van der Waals surface area contributed by atoms with E-state index in [-0.39, 0.29) is 49.2 Å². The minimum atomic E-state index is -6.18. The molecular formula is C57H42F7IrN3O-2. The summed E-state index contributed by atoms with van der Waals surface area (Å²) in [6, 6.07) is 55.3. The Morgan fingerprint density at radius 3 is 1.84 bits per heavy atom. The van der Waals surface area contributed by atoms with Gasteiger partial charge in [0.1, 0.15) is 5.58 Å². The summed E-state index contributed by atoms with van der Waals surface area (Å²) in [4.78, 5) is 8.92. The van der Waals surface area contributed by atoms with Crippen molar-refractivity contribution in [2.45, 2.75) is 57.6 Å². The molecule has 0 N–H and O–H groups in total. The standard InChI is InChI=1S/C43H35N2O.C14H7F7N.Ir/c1-27(2)36-24-32(30-16-9-6-10-17-30)25-37(28(3)4)41(36)45-39-21-12-11-20-38(39)44-43(45)35-19-13-18-34-33-23-22-31(26-40(33)46-42(34)35)29-14-7-5-8-15-29;15-12(13(16,17)18,14(19,20)21)10-6-7-22-11(8-10)9-4-2-1-3-5-9;/h5-18,20-28H,1-4H3;1-4,6-8H;/q2*-1;/i;1D;. The Morgan fingerprint density at radius 1 is 0.609 bits per heavy atom. The number of aromatic nitrogens is 3. The predicted molar refractivity (Wildman–Crippen MR) is 255 cm³/mol. The fourth-order valence-electron chi connectivity index (χ4n) is 8.54. The van der Waals surface area contributed by atoms with Gasteiger partial charge in [-0.25, -0.2) is 4.39 Å². The molecule has 10 rings (SSSR count). The quantitative estimate of drug-likeness (QED) is 0.112. The first kappa shape index (κ1) is 47.2. The molecule has 0 spiro atoms. The van der Waals surface area contributed by atoms with Crippen molar-refractivity contribution in [2.75, 3.05) is 0 Å². The number of alkyl halides is 7. The van der Waals surface area contributed by atoms with Gasteiger partial charge in [0.15, 0.2) is 0 Å². The first-order valence-electron chi connectivity index (χ1n) is 22.4. The molecule has 3 heterocycles. The van der Waals surface area contributed by atoms with Crippen LogP contribution in [0.2, 0.25) is 0 Å². The van der Waals surface area contributed by atoms with Crippen molar-refractivity contribution in [1.29, 1.82) is 0 Å². The molecule has 0 aliphatic rings. The Morgan fingerprint density at radius 2 is 1.23 bits per heavy atom. The summed E-state index contributed by atoms with van der Waals surface area (Å²) in [5.41, 5.74) is 5.67. The number of nitrogens with zero attached hydrogens (tertiary/aromatic N) is 3. The van der Waals surface area contributed by atoms with Crippen molar-refractivity contribution in [3.8, 4) is 50.6 Å². The first-order chi connectivity index (χ1) is 32.9. The van der Waals surface area contributed by atoms with Gasteiger partial charge in [0.2, 0.25) is 0 Å². The van der Waals surface area contributed by atoms with Gasteiger partial charge >= 0.3 is 18.0 Å². The number of fused-ring (bicyclic) bond motifs is 4. The first-order valence-corrected chi connectivity index (χ1v) is 21.9. The van der Waals surface area contributed by atoms with E-state index in [1.165, 1.54) is 45.6 Å². The average Bonchev–Trinajstić information content (AvgIpc) is 3.92. The summed E-state index contributed by atoms with van der Waals surface area (Å²) in [7, 11) is 0. The molecule has 12 heteroatoms. The third kappa shape index (κ3) is 9.11. The molecule has 0 fully saturated rings. The van der Waals surface area contributed by atoms with Gasteiger partial charge in [-0.15, -0.1) is 54.1 Å². The molecule has 69 heavy (non-hydrogen) atoms. The van der Waals surface area contributed by atoms with Gasteiger partial charge < -0.3 is 14.0 Å². The van der Waals surface area contributed by atoms with Gasteiger partial charge in [-0.2, -0.15) is 26.3 Å². The summed E-state index contributed by atoms with van der Waals surface area (Å²) in [6.45, 7) is 9.14. The van der Waals surface area contributed by atoms with Gasteiger partial charge in [0, 0.05) is 42.9 Å². The zero-order chi connectivity index (χ0) is 48.8. The smallest absolute Gasteiger partial charge is 0.435 e. The van der Waals surface area contributed by atoms with Crippen LogP contribution in [-0.2, 0) is 25.8 Å². The maximum atomic E-state index is 14.0. The Balaban J connectivity index is 0.000000233. The predicted octanol–water partition coefficient (Wildman–Crippen LogP) is 16.8. The maximum absolute atomic E-state index is 14.0. The van der Waals surface area contributed by atoms with Gasteiger partial charge in [-0.1, -0.05) is 130 Å². The van der Waals surface area contributed by atoms with Crippen LogP contribution in [0, 0.1) is 12.1 Å². The van der Waals surface area contributed by atoms with E-state index in [1.54, 1.807) is 0 Å². The molecular weight excluding hydrogens is 1070 g/mol. The summed E-state index contributed by atoms with van der Waals surface area (Å²) < 4.78 is 107. The van der Waals surface area contributed by atoms with Crippen LogP contribution in [0.3, 0.4) is 0 Å². The van der Waals surface area contributed by atoms with E-state index in [9.17, 15) is 30.7 Å². The van der Waals surface area contributed by atoms with E-state index >= 15 is 0 Å². The summed E-state index contributed by atoms with van der Waals surface area (Å²) >= 11 is 0. The van der Waals surface area contributed by atoms with E-state index in [0.29, 0.717) is 18.3 Å². The monoisotopic (exact) mass is 1110 g/mol. The van der Waals surface area contributed by atoms with Crippen molar-refractivity contribution in [3.05, 3.63) is 199 Å². The molecule has 4 nitrogen and oxygen atoms in total. The molecule has 0 aliphatic heterocycles. The van der Waals surface area contributed by atoms with Crippen LogP contribution in [0.4, 0.5) is 30.7 Å². The van der Waals surface area contributed by atoms with Crippen LogP contribution in [0.25, 0.3) is 83.6 Å². The van der Waals surface area contributed by atoms with E-state index in [4.69, 9.17) is 10.8 Å². The van der Waals surface area contributed by atoms with Crippen molar-refractivity contribution in [2.24, 2.45) is 0 Å². The Labute approximate surface area is 409 Å². The molecule has 7 aromatic carbocycles. The number of pyridine rings is 1. The zero-order valence-corrected chi connectivity index (χ0v) is 39.9. The normalized spacial score (nSPS) is 12.3. The van der Waals surface area contributed by atoms with Crippen LogP contribution in [0.15, 0.2) is 174 Å². The van der Waals surface area contributed by atoms with Crippen LogP contribution >= 0.6 is 0 Å². The largest absolute Gasteiger partial charge is 0.501 e. The summed E-state index contributed by atoms with van der Waals surface area (Å²) in [6.07, 6.45) is -11.7. The van der Waals surface area contributed by atoms with Crippen molar-refractivity contribution >= 4 is 33.0 Å². The Bertz CT molecular complexity index is 3410. The molecule has 0 amide bonds. The van der Waals surface area contributed by atoms with E-state index < -0.39 is 23.6 Å². The van der Waals surface area contributed by atoms with Gasteiger partial charge in [-0.05, 0) is 88.7 Å². The van der Waals surface area contributed by atoms with E-state index in [1.807, 2.05) is 12.1 Å². The molecule has 0 atom stereocenters. The number of rotatable bonds is 8. The number of halogens is 7. The molecule has 10 aromatic rings. The van der Waals surface area contributed by atoms with Gasteiger partial charge in [0.25, 0.3) is 0 Å². The second-order valence-corrected chi connectivity index (χ2v) is 17.0. The number of imidazole rings is 1. The van der Waals surface area contributed by atoms with Crippen LogP contribution in [-0.4, -0.2) is 26.9 Å². The molecule has 0 saturated carbocycles. The molecule has 351 valence electrons. The van der Waals surface area contributed by atoms with Crippen LogP contribution < -0.4 is 0 Å². The maximum Gasteiger partial charge on any atom is 0.435 e. The van der Waals surface area contributed by atoms with E-state index in [2.05, 4.69) is 165 Å². The SMILES string of the molecule is CC(C)c1cc(-c2ccccc2)cc(C(C)C)c1-n1c(-c2[c-]ccc3c2oc2cc(-c4ccccc4)ccc23)nc2ccccc21.[2H]c1c[c-]c(-c2cc(C(F)(C(F)(F)F)C(F)(F)F)ccn2)cc1.[Ir]. The van der Waals surface area contributed by atoms with Crippen molar-refractivity contribution < 1.29 is 56.6 Å². The summed E-state index contributed by atoms with van der Waals surface area (Å²) in [5, 5.41) is 2.15.